The van der Waals surface area contributed by atoms with Gasteiger partial charge in [0.05, 0.1) is 0 Å². The summed E-state index contributed by atoms with van der Waals surface area (Å²) in [6.45, 7) is 6.18. The molecule has 4 N–H and O–H groups in total. The molecule has 1 rings (SSSR count). The smallest absolute Gasteiger partial charge is 0.407 e. The van der Waals surface area contributed by atoms with E-state index < -0.39 is 11.8 Å². The van der Waals surface area contributed by atoms with E-state index in [1.807, 2.05) is 20.8 Å². The third-order valence-electron chi connectivity index (χ3n) is 3.31. The van der Waals surface area contributed by atoms with Gasteiger partial charge >= 0.3 is 6.09 Å². The Kier molecular flexibility index (Phi) is 5.41. The summed E-state index contributed by atoms with van der Waals surface area (Å²) in [5, 5.41) is 12.1. The highest BCUT2D eigenvalue weighted by atomic mass is 16.6. The van der Waals surface area contributed by atoms with Crippen LogP contribution in [0, 0.1) is 11.8 Å². The number of nitrogens with two attached hydrogens (primary N) is 1. The molecule has 0 aromatic carbocycles. The summed E-state index contributed by atoms with van der Waals surface area (Å²) in [4.78, 5) is 11.5. The van der Waals surface area contributed by atoms with Crippen LogP contribution in [0.25, 0.3) is 0 Å². The molecule has 18 heavy (non-hydrogen) atoms. The van der Waals surface area contributed by atoms with Gasteiger partial charge in [-0.2, -0.15) is 0 Å². The number of carbonyl (C=O) groups is 1. The molecule has 5 nitrogen and oxygen atoms in total. The van der Waals surface area contributed by atoms with Gasteiger partial charge in [0.1, 0.15) is 11.8 Å². The Morgan fingerprint density at radius 1 is 1.39 bits per heavy atom. The number of nitrogens with one attached hydrogen (secondary N) is 1. The van der Waals surface area contributed by atoms with Gasteiger partial charge in [-0.05, 0) is 58.3 Å². The maximum Gasteiger partial charge on any atom is 0.407 e. The first-order valence-electron chi connectivity index (χ1n) is 6.68. The lowest BCUT2D eigenvalue weighted by molar-refractivity contribution is 0.0494. The highest BCUT2D eigenvalue weighted by Gasteiger charge is 2.25. The molecule has 1 fully saturated rings. The number of ether oxygens (including phenoxy) is 1. The maximum atomic E-state index is 11.5. The molecule has 0 saturated heterocycles. The number of rotatable bonds is 3. The molecular weight excluding hydrogens is 232 g/mol. The Morgan fingerprint density at radius 2 is 1.94 bits per heavy atom. The maximum absolute atomic E-state index is 11.5. The van der Waals surface area contributed by atoms with E-state index in [2.05, 4.69) is 5.32 Å². The van der Waals surface area contributed by atoms with Crippen molar-refractivity contribution < 1.29 is 14.6 Å². The standard InChI is InChI=1S/C13H26N2O3/c1-13(2,3)18-12(17)15-8-9-4-6-10(7-5-9)11(14)16/h9-11,16H,4-8,14H2,1-3H3,(H,15,17). The lowest BCUT2D eigenvalue weighted by Gasteiger charge is -2.30. The van der Waals surface area contributed by atoms with Crippen LogP contribution in [0.15, 0.2) is 0 Å². The summed E-state index contributed by atoms with van der Waals surface area (Å²) in [7, 11) is 0. The van der Waals surface area contributed by atoms with Crippen LogP contribution < -0.4 is 11.1 Å². The minimum atomic E-state index is -0.704. The summed E-state index contributed by atoms with van der Waals surface area (Å²) in [6, 6.07) is 0. The number of carbonyl (C=O) groups excluding carboxylic acids is 1. The molecule has 0 spiro atoms. The lowest BCUT2D eigenvalue weighted by Crippen LogP contribution is -2.38. The highest BCUT2D eigenvalue weighted by Crippen LogP contribution is 2.29. The Morgan fingerprint density at radius 3 is 2.39 bits per heavy atom. The van der Waals surface area contributed by atoms with Gasteiger partial charge in [0, 0.05) is 6.54 Å². The molecule has 5 heteroatoms. The monoisotopic (exact) mass is 258 g/mol. The van der Waals surface area contributed by atoms with Gasteiger partial charge in [-0.25, -0.2) is 4.79 Å². The molecule has 1 amide bonds. The van der Waals surface area contributed by atoms with Gasteiger partial charge in [-0.15, -0.1) is 0 Å². The fourth-order valence-electron chi connectivity index (χ4n) is 2.28. The zero-order chi connectivity index (χ0) is 13.8. The zero-order valence-corrected chi connectivity index (χ0v) is 11.6. The number of hydrogen-bond acceptors (Lipinski definition) is 4. The molecule has 1 aliphatic rings. The van der Waals surface area contributed by atoms with Gasteiger partial charge in [-0.1, -0.05) is 0 Å². The van der Waals surface area contributed by atoms with Crippen molar-refractivity contribution in [3.05, 3.63) is 0 Å². The molecule has 0 aromatic rings. The third-order valence-corrected chi connectivity index (χ3v) is 3.31. The average molecular weight is 258 g/mol. The summed E-state index contributed by atoms with van der Waals surface area (Å²) >= 11 is 0. The van der Waals surface area contributed by atoms with Crippen molar-refractivity contribution in [3.63, 3.8) is 0 Å². The van der Waals surface area contributed by atoms with Crippen LogP contribution in [0.1, 0.15) is 46.5 Å². The fraction of sp³-hybridized carbons (Fsp3) is 0.923. The number of amides is 1. The van der Waals surface area contributed by atoms with E-state index in [4.69, 9.17) is 10.5 Å². The molecule has 106 valence electrons. The topological polar surface area (TPSA) is 84.6 Å². The van der Waals surface area contributed by atoms with Crippen molar-refractivity contribution >= 4 is 6.09 Å². The SMILES string of the molecule is CC(C)(C)OC(=O)NCC1CCC(C(N)O)CC1. The first-order valence-corrected chi connectivity index (χ1v) is 6.68. The van der Waals surface area contributed by atoms with Gasteiger partial charge < -0.3 is 20.9 Å². The van der Waals surface area contributed by atoms with Crippen LogP contribution in [-0.2, 0) is 4.74 Å². The predicted octanol–water partition coefficient (Wildman–Crippen LogP) is 1.59. The first kappa shape index (κ1) is 15.2. The molecule has 0 heterocycles. The summed E-state index contributed by atoms with van der Waals surface area (Å²) < 4.78 is 5.18. The van der Waals surface area contributed by atoms with E-state index in [9.17, 15) is 9.90 Å². The molecule has 1 unspecified atom stereocenters. The zero-order valence-electron chi connectivity index (χ0n) is 11.6. The van der Waals surface area contributed by atoms with Crippen molar-refractivity contribution in [2.75, 3.05) is 6.54 Å². The van der Waals surface area contributed by atoms with Crippen molar-refractivity contribution in [2.24, 2.45) is 17.6 Å². The average Bonchev–Trinajstić information content (AvgIpc) is 2.24. The van der Waals surface area contributed by atoms with E-state index in [0.717, 1.165) is 25.7 Å². The summed E-state index contributed by atoms with van der Waals surface area (Å²) in [5.74, 6) is 0.676. The van der Waals surface area contributed by atoms with Gasteiger partial charge in [0.15, 0.2) is 0 Å². The number of aliphatic hydroxyl groups excluding tert-OH is 1. The molecule has 0 bridgehead atoms. The number of aliphatic hydroxyl groups is 1. The van der Waals surface area contributed by atoms with E-state index in [1.54, 1.807) is 0 Å². The van der Waals surface area contributed by atoms with E-state index >= 15 is 0 Å². The molecule has 1 atom stereocenters. The first-order chi connectivity index (χ1) is 8.28. The van der Waals surface area contributed by atoms with Crippen LogP contribution in [0.5, 0.6) is 0 Å². The van der Waals surface area contributed by atoms with Crippen LogP contribution in [0.3, 0.4) is 0 Å². The van der Waals surface area contributed by atoms with Crippen molar-refractivity contribution in [2.45, 2.75) is 58.3 Å². The Labute approximate surface area is 109 Å². The highest BCUT2D eigenvalue weighted by molar-refractivity contribution is 5.67. The van der Waals surface area contributed by atoms with E-state index in [0.29, 0.717) is 12.5 Å². The van der Waals surface area contributed by atoms with Gasteiger partial charge in [0.25, 0.3) is 0 Å². The second-order valence-electron chi connectivity index (χ2n) is 6.15. The van der Waals surface area contributed by atoms with Crippen molar-refractivity contribution in [1.82, 2.24) is 5.32 Å². The molecule has 0 aliphatic heterocycles. The van der Waals surface area contributed by atoms with Crippen LogP contribution in [0.2, 0.25) is 0 Å². The Bertz CT molecular complexity index is 266. The van der Waals surface area contributed by atoms with Crippen LogP contribution >= 0.6 is 0 Å². The van der Waals surface area contributed by atoms with Gasteiger partial charge in [-0.3, -0.25) is 0 Å². The van der Waals surface area contributed by atoms with Gasteiger partial charge in [0.2, 0.25) is 0 Å². The predicted molar refractivity (Wildman–Crippen MR) is 69.9 cm³/mol. The molecule has 1 aliphatic carbocycles. The quantitative estimate of drug-likeness (QED) is 0.671. The Balaban J connectivity index is 2.20. The Hall–Kier alpha value is -0.810. The minimum absolute atomic E-state index is 0.211. The molecule has 0 aromatic heterocycles. The number of alkyl carbamates (subject to hydrolysis) is 1. The molecule has 0 radical (unpaired) electrons. The summed E-state index contributed by atoms with van der Waals surface area (Å²) in [5.41, 5.74) is 5.02. The molecule has 1 saturated carbocycles. The second-order valence-corrected chi connectivity index (χ2v) is 6.15. The number of hydrogen-bond donors (Lipinski definition) is 3. The molecular formula is C13H26N2O3. The fourth-order valence-corrected chi connectivity index (χ4v) is 2.28. The van der Waals surface area contributed by atoms with E-state index in [1.165, 1.54) is 0 Å². The largest absolute Gasteiger partial charge is 0.444 e. The van der Waals surface area contributed by atoms with Crippen molar-refractivity contribution in [3.8, 4) is 0 Å². The van der Waals surface area contributed by atoms with Crippen molar-refractivity contribution in [1.29, 1.82) is 0 Å². The lowest BCUT2D eigenvalue weighted by atomic mass is 9.81. The summed E-state index contributed by atoms with van der Waals surface area (Å²) in [6.07, 6.45) is 2.79. The van der Waals surface area contributed by atoms with Crippen LogP contribution in [-0.4, -0.2) is 29.6 Å². The third kappa shape index (κ3) is 5.69. The van der Waals surface area contributed by atoms with E-state index in [-0.39, 0.29) is 12.0 Å². The normalized spacial score (nSPS) is 26.5. The minimum Gasteiger partial charge on any atom is -0.444 e. The second kappa shape index (κ2) is 6.38. The van der Waals surface area contributed by atoms with Crippen LogP contribution in [0.4, 0.5) is 4.79 Å².